The molecule has 0 aliphatic carbocycles. The van der Waals surface area contributed by atoms with Gasteiger partial charge >= 0.3 is 11.8 Å². The van der Waals surface area contributed by atoms with Gasteiger partial charge in [-0.15, -0.1) is 0 Å². The molecule has 3 rings (SSSR count). The van der Waals surface area contributed by atoms with Crippen molar-refractivity contribution >= 4 is 17.5 Å². The molecule has 0 radical (unpaired) electrons. The Morgan fingerprint density at radius 2 is 2.30 bits per heavy atom. The maximum absolute atomic E-state index is 12.0. The number of carbonyl (C=O) groups excluding carboxylic acids is 1. The SMILES string of the molecule is Cc1nn(Cc2noc(C(=O)NC[C@H]3CCCO3)n2)c(C)c1Cl. The van der Waals surface area contributed by atoms with Crippen molar-refractivity contribution in [3.63, 3.8) is 0 Å². The van der Waals surface area contributed by atoms with E-state index in [0.717, 1.165) is 30.8 Å². The summed E-state index contributed by atoms with van der Waals surface area (Å²) < 4.78 is 12.1. The van der Waals surface area contributed by atoms with Gasteiger partial charge in [0.05, 0.1) is 22.5 Å². The van der Waals surface area contributed by atoms with E-state index in [4.69, 9.17) is 20.9 Å². The summed E-state index contributed by atoms with van der Waals surface area (Å²) in [4.78, 5) is 16.1. The summed E-state index contributed by atoms with van der Waals surface area (Å²) in [6.07, 6.45) is 2.04. The number of nitrogens with zero attached hydrogens (tertiary/aromatic N) is 4. The lowest BCUT2D eigenvalue weighted by molar-refractivity contribution is 0.0822. The summed E-state index contributed by atoms with van der Waals surface area (Å²) in [5.74, 6) is -0.0918. The number of aromatic nitrogens is 4. The number of halogens is 1. The van der Waals surface area contributed by atoms with Gasteiger partial charge in [-0.2, -0.15) is 10.1 Å². The molecule has 0 unspecified atom stereocenters. The maximum Gasteiger partial charge on any atom is 0.316 e. The van der Waals surface area contributed by atoms with Crippen molar-refractivity contribution in [3.8, 4) is 0 Å². The van der Waals surface area contributed by atoms with Crippen LogP contribution in [0.25, 0.3) is 0 Å². The van der Waals surface area contributed by atoms with E-state index in [-0.39, 0.29) is 12.0 Å². The third-order valence-corrected chi connectivity index (χ3v) is 4.31. The normalized spacial score (nSPS) is 17.6. The van der Waals surface area contributed by atoms with Gasteiger partial charge in [0.2, 0.25) is 0 Å². The van der Waals surface area contributed by atoms with E-state index >= 15 is 0 Å². The molecule has 1 atom stereocenters. The molecule has 0 bridgehead atoms. The van der Waals surface area contributed by atoms with Crippen LogP contribution in [0.5, 0.6) is 0 Å². The molecule has 1 amide bonds. The van der Waals surface area contributed by atoms with Crippen molar-refractivity contribution in [2.24, 2.45) is 0 Å². The molecule has 1 aliphatic rings. The highest BCUT2D eigenvalue weighted by atomic mass is 35.5. The number of hydrogen-bond acceptors (Lipinski definition) is 6. The fourth-order valence-electron chi connectivity index (χ4n) is 2.46. The van der Waals surface area contributed by atoms with E-state index < -0.39 is 5.91 Å². The lowest BCUT2D eigenvalue weighted by Crippen LogP contribution is -2.31. The molecule has 8 nitrogen and oxygen atoms in total. The van der Waals surface area contributed by atoms with Gasteiger partial charge in [-0.05, 0) is 26.7 Å². The van der Waals surface area contributed by atoms with Crippen molar-refractivity contribution in [3.05, 3.63) is 28.1 Å². The summed E-state index contributed by atoms with van der Waals surface area (Å²) in [6.45, 7) is 5.17. The van der Waals surface area contributed by atoms with Gasteiger partial charge < -0.3 is 14.6 Å². The summed E-state index contributed by atoms with van der Waals surface area (Å²) in [5, 5.41) is 11.5. The van der Waals surface area contributed by atoms with E-state index in [1.165, 1.54) is 0 Å². The minimum absolute atomic E-state index is 0.0642. The quantitative estimate of drug-likeness (QED) is 0.886. The first-order chi connectivity index (χ1) is 11.0. The Hall–Kier alpha value is -1.93. The molecule has 1 saturated heterocycles. The monoisotopic (exact) mass is 339 g/mol. The Morgan fingerprint density at radius 1 is 1.48 bits per heavy atom. The van der Waals surface area contributed by atoms with Gasteiger partial charge in [-0.3, -0.25) is 9.48 Å². The van der Waals surface area contributed by atoms with Crippen LogP contribution in [0.2, 0.25) is 5.02 Å². The van der Waals surface area contributed by atoms with Gasteiger partial charge in [0, 0.05) is 13.2 Å². The predicted octanol–water partition coefficient (Wildman–Crippen LogP) is 1.49. The zero-order chi connectivity index (χ0) is 16.4. The van der Waals surface area contributed by atoms with E-state index in [0.29, 0.717) is 23.9 Å². The highest BCUT2D eigenvalue weighted by Gasteiger charge is 2.20. The molecular weight excluding hydrogens is 322 g/mol. The molecule has 0 saturated carbocycles. The summed E-state index contributed by atoms with van der Waals surface area (Å²) in [7, 11) is 0. The first-order valence-corrected chi connectivity index (χ1v) is 7.84. The fourth-order valence-corrected chi connectivity index (χ4v) is 2.60. The maximum atomic E-state index is 12.0. The predicted molar refractivity (Wildman–Crippen MR) is 81.4 cm³/mol. The highest BCUT2D eigenvalue weighted by Crippen LogP contribution is 2.19. The number of ether oxygens (including phenoxy) is 1. The van der Waals surface area contributed by atoms with Gasteiger partial charge in [0.25, 0.3) is 0 Å². The van der Waals surface area contributed by atoms with Crippen LogP contribution >= 0.6 is 11.6 Å². The second-order valence-corrected chi connectivity index (χ2v) is 5.88. The van der Waals surface area contributed by atoms with Crippen LogP contribution in [0.15, 0.2) is 4.52 Å². The first kappa shape index (κ1) is 15.9. The van der Waals surface area contributed by atoms with E-state index in [2.05, 4.69) is 20.6 Å². The summed E-state index contributed by atoms with van der Waals surface area (Å²) >= 11 is 6.10. The average molecular weight is 340 g/mol. The molecule has 2 aromatic rings. The number of aryl methyl sites for hydroxylation is 1. The average Bonchev–Trinajstić information content (AvgIpc) is 3.25. The molecular formula is C14H18ClN5O3. The standard InChI is InChI=1S/C14H18ClN5O3/c1-8-12(15)9(2)20(18-8)7-11-17-14(23-19-11)13(21)16-6-10-4-3-5-22-10/h10H,3-7H2,1-2H3,(H,16,21)/t10-/m1/s1. The zero-order valence-corrected chi connectivity index (χ0v) is 13.8. The topological polar surface area (TPSA) is 95.1 Å². The number of amides is 1. The number of nitrogens with one attached hydrogen (secondary N) is 1. The third kappa shape index (κ3) is 3.53. The first-order valence-electron chi connectivity index (χ1n) is 7.46. The second kappa shape index (κ2) is 6.67. The lowest BCUT2D eigenvalue weighted by Gasteiger charge is -2.08. The van der Waals surface area contributed by atoms with E-state index in [1.807, 2.05) is 13.8 Å². The number of hydrogen-bond donors (Lipinski definition) is 1. The van der Waals surface area contributed by atoms with E-state index in [9.17, 15) is 4.79 Å². The molecule has 0 aromatic carbocycles. The minimum atomic E-state index is -0.398. The molecule has 1 aliphatic heterocycles. The smallest absolute Gasteiger partial charge is 0.316 e. The van der Waals surface area contributed by atoms with Crippen molar-refractivity contribution in [1.29, 1.82) is 0 Å². The Labute approximate surface area is 138 Å². The van der Waals surface area contributed by atoms with Gasteiger partial charge in [0.15, 0.2) is 5.82 Å². The van der Waals surface area contributed by atoms with Crippen LogP contribution in [-0.2, 0) is 11.3 Å². The highest BCUT2D eigenvalue weighted by molar-refractivity contribution is 6.31. The lowest BCUT2D eigenvalue weighted by atomic mass is 10.2. The van der Waals surface area contributed by atoms with Crippen LogP contribution in [0.3, 0.4) is 0 Å². The molecule has 1 fully saturated rings. The number of rotatable bonds is 5. The Balaban J connectivity index is 1.60. The van der Waals surface area contributed by atoms with Crippen molar-refractivity contribution in [2.45, 2.75) is 39.3 Å². The molecule has 3 heterocycles. The number of carbonyl (C=O) groups is 1. The van der Waals surface area contributed by atoms with Crippen molar-refractivity contribution in [1.82, 2.24) is 25.2 Å². The van der Waals surface area contributed by atoms with Crippen LogP contribution in [-0.4, -0.2) is 45.1 Å². The van der Waals surface area contributed by atoms with Crippen LogP contribution in [0.4, 0.5) is 0 Å². The Morgan fingerprint density at radius 3 is 2.96 bits per heavy atom. The van der Waals surface area contributed by atoms with Gasteiger partial charge in [0.1, 0.15) is 6.54 Å². The van der Waals surface area contributed by atoms with Crippen molar-refractivity contribution in [2.75, 3.05) is 13.2 Å². The largest absolute Gasteiger partial charge is 0.376 e. The molecule has 1 N–H and O–H groups in total. The van der Waals surface area contributed by atoms with Gasteiger partial charge in [-0.25, -0.2) is 0 Å². The van der Waals surface area contributed by atoms with E-state index in [1.54, 1.807) is 4.68 Å². The molecule has 124 valence electrons. The Bertz CT molecular complexity index is 705. The molecule has 9 heteroatoms. The molecule has 23 heavy (non-hydrogen) atoms. The van der Waals surface area contributed by atoms with Crippen LogP contribution < -0.4 is 5.32 Å². The minimum Gasteiger partial charge on any atom is -0.376 e. The van der Waals surface area contributed by atoms with Crippen LogP contribution in [0, 0.1) is 13.8 Å². The second-order valence-electron chi connectivity index (χ2n) is 5.50. The zero-order valence-electron chi connectivity index (χ0n) is 13.0. The summed E-state index contributed by atoms with van der Waals surface area (Å²) in [5.41, 5.74) is 1.56. The fraction of sp³-hybridized carbons (Fsp3) is 0.571. The third-order valence-electron chi connectivity index (χ3n) is 3.76. The van der Waals surface area contributed by atoms with Crippen LogP contribution in [0.1, 0.15) is 40.7 Å². The van der Waals surface area contributed by atoms with Crippen molar-refractivity contribution < 1.29 is 14.1 Å². The Kier molecular flexibility index (Phi) is 4.63. The molecule has 2 aromatic heterocycles. The summed E-state index contributed by atoms with van der Waals surface area (Å²) in [6, 6.07) is 0. The molecule has 0 spiro atoms. The van der Waals surface area contributed by atoms with Gasteiger partial charge in [-0.1, -0.05) is 16.8 Å².